The molecule has 5 nitrogen and oxygen atoms in total. The van der Waals surface area contributed by atoms with Crippen molar-refractivity contribution >= 4 is 16.8 Å². The molecule has 0 aliphatic heterocycles. The van der Waals surface area contributed by atoms with Crippen molar-refractivity contribution in [2.24, 2.45) is 7.05 Å². The summed E-state index contributed by atoms with van der Waals surface area (Å²) in [5.41, 5.74) is 4.53. The van der Waals surface area contributed by atoms with E-state index in [0.29, 0.717) is 17.9 Å². The number of aryl methyl sites for hydroxylation is 2. The molecule has 3 aromatic carbocycles. The molecule has 5 heteroatoms. The molecule has 4 rings (SSSR count). The summed E-state index contributed by atoms with van der Waals surface area (Å²) >= 11 is 0. The fraction of sp³-hybridized carbons (Fsp3) is 0.300. The molecule has 182 valence electrons. The average Bonchev–Trinajstić information content (AvgIpc) is 3.22. The molecule has 0 bridgehead atoms. The molecule has 1 heterocycles. The normalized spacial score (nSPS) is 12.8. The van der Waals surface area contributed by atoms with E-state index < -0.39 is 0 Å². The summed E-state index contributed by atoms with van der Waals surface area (Å²) < 4.78 is 13.2. The first-order chi connectivity index (χ1) is 17.0. The smallest absolute Gasteiger partial charge is 0.221 e. The minimum atomic E-state index is -0.147. The lowest BCUT2D eigenvalue weighted by Crippen LogP contribution is -2.33. The predicted octanol–water partition coefficient (Wildman–Crippen LogP) is 5.86. The fourth-order valence-corrected chi connectivity index (χ4v) is 4.71. The van der Waals surface area contributed by atoms with E-state index in [9.17, 15) is 4.79 Å². The van der Waals surface area contributed by atoms with E-state index in [1.165, 1.54) is 5.56 Å². The van der Waals surface area contributed by atoms with Crippen molar-refractivity contribution in [2.45, 2.75) is 38.1 Å². The summed E-state index contributed by atoms with van der Waals surface area (Å²) in [5.74, 6) is 1.30. The molecule has 0 spiro atoms. The van der Waals surface area contributed by atoms with Crippen LogP contribution >= 0.6 is 0 Å². The van der Waals surface area contributed by atoms with Crippen LogP contribution in [0.2, 0.25) is 0 Å². The van der Waals surface area contributed by atoms with Crippen molar-refractivity contribution < 1.29 is 14.3 Å². The Labute approximate surface area is 207 Å². The largest absolute Gasteiger partial charge is 0.497 e. The van der Waals surface area contributed by atoms with Crippen LogP contribution in [0.4, 0.5) is 0 Å². The monoisotopic (exact) mass is 470 g/mol. The summed E-state index contributed by atoms with van der Waals surface area (Å²) in [6.07, 6.45) is 4.29. The molecular formula is C30H34N2O3. The summed E-state index contributed by atoms with van der Waals surface area (Å²) in [6.45, 7) is 2.07. The lowest BCUT2D eigenvalue weighted by Gasteiger charge is -2.21. The summed E-state index contributed by atoms with van der Waals surface area (Å²) in [6, 6.07) is 24.6. The Kier molecular flexibility index (Phi) is 7.76. The van der Waals surface area contributed by atoms with E-state index in [2.05, 4.69) is 59.4 Å². The number of nitrogens with zero attached hydrogens (tertiary/aromatic N) is 1. The Hall–Kier alpha value is -3.73. The van der Waals surface area contributed by atoms with Gasteiger partial charge in [-0.05, 0) is 54.7 Å². The second-order valence-electron chi connectivity index (χ2n) is 9.11. The van der Waals surface area contributed by atoms with Crippen LogP contribution in [-0.4, -0.2) is 30.7 Å². The number of nitrogens with one attached hydrogen (secondary N) is 1. The molecule has 1 N–H and O–H groups in total. The number of benzene rings is 3. The minimum Gasteiger partial charge on any atom is -0.497 e. The van der Waals surface area contributed by atoms with E-state index in [0.717, 1.165) is 34.9 Å². The number of carbonyl (C=O) groups excluding carboxylic acids is 1. The van der Waals surface area contributed by atoms with Crippen LogP contribution in [0.1, 0.15) is 42.4 Å². The number of aromatic nitrogens is 1. The maximum atomic E-state index is 13.3. The maximum absolute atomic E-state index is 13.3. The van der Waals surface area contributed by atoms with Crippen molar-refractivity contribution in [3.05, 3.63) is 95.7 Å². The van der Waals surface area contributed by atoms with Gasteiger partial charge < -0.3 is 19.4 Å². The third kappa shape index (κ3) is 5.86. The number of fused-ring (bicyclic) bond motifs is 1. The number of hydrogen-bond acceptors (Lipinski definition) is 3. The second kappa shape index (κ2) is 11.1. The van der Waals surface area contributed by atoms with Crippen molar-refractivity contribution in [2.75, 3.05) is 14.2 Å². The lowest BCUT2D eigenvalue weighted by atomic mass is 9.87. The summed E-state index contributed by atoms with van der Waals surface area (Å²) in [4.78, 5) is 13.3. The van der Waals surface area contributed by atoms with Crippen LogP contribution in [0.15, 0.2) is 79.0 Å². The van der Waals surface area contributed by atoms with Crippen LogP contribution in [0.3, 0.4) is 0 Å². The minimum absolute atomic E-state index is 0.0327. The van der Waals surface area contributed by atoms with Gasteiger partial charge in [0.2, 0.25) is 5.91 Å². The van der Waals surface area contributed by atoms with Crippen LogP contribution in [0, 0.1) is 0 Å². The topological polar surface area (TPSA) is 52.5 Å². The highest BCUT2D eigenvalue weighted by molar-refractivity contribution is 5.86. The molecule has 35 heavy (non-hydrogen) atoms. The van der Waals surface area contributed by atoms with Gasteiger partial charge in [0.15, 0.2) is 0 Å². The summed E-state index contributed by atoms with van der Waals surface area (Å²) in [5, 5.41) is 4.37. The van der Waals surface area contributed by atoms with Gasteiger partial charge in [-0.1, -0.05) is 48.5 Å². The highest BCUT2D eigenvalue weighted by atomic mass is 16.5. The molecule has 2 unspecified atom stereocenters. The highest BCUT2D eigenvalue weighted by Gasteiger charge is 2.24. The first-order valence-corrected chi connectivity index (χ1v) is 12.1. The van der Waals surface area contributed by atoms with Crippen molar-refractivity contribution in [3.63, 3.8) is 0 Å². The van der Waals surface area contributed by atoms with Gasteiger partial charge in [-0.3, -0.25) is 4.79 Å². The molecular weight excluding hydrogens is 436 g/mol. The standard InChI is InChI=1S/C30H34N2O3/c1-21(14-15-22-10-6-5-7-11-22)31-30(33)19-27(23-16-24(34-3)18-25(17-23)35-4)28-20-32(2)29-13-9-8-12-26(28)29/h5-13,16-18,20-21,27H,14-15,19H2,1-4H3,(H,31,33). The molecule has 2 atom stereocenters. The quantitative estimate of drug-likeness (QED) is 0.316. The number of methoxy groups -OCH3 is 2. The summed E-state index contributed by atoms with van der Waals surface area (Å²) in [7, 11) is 5.33. The second-order valence-corrected chi connectivity index (χ2v) is 9.11. The van der Waals surface area contributed by atoms with Gasteiger partial charge in [-0.25, -0.2) is 0 Å². The Morgan fingerprint density at radius 2 is 1.60 bits per heavy atom. The van der Waals surface area contributed by atoms with Crippen LogP contribution in [0.25, 0.3) is 10.9 Å². The number of carbonyl (C=O) groups is 1. The molecule has 1 amide bonds. The van der Waals surface area contributed by atoms with Gasteiger partial charge in [0.05, 0.1) is 14.2 Å². The van der Waals surface area contributed by atoms with Crippen LogP contribution in [-0.2, 0) is 18.3 Å². The zero-order valence-corrected chi connectivity index (χ0v) is 21.0. The Bertz CT molecular complexity index is 1260. The van der Waals surface area contributed by atoms with Gasteiger partial charge in [0, 0.05) is 48.6 Å². The number of rotatable bonds is 10. The predicted molar refractivity (Wildman–Crippen MR) is 141 cm³/mol. The van der Waals surface area contributed by atoms with E-state index in [4.69, 9.17) is 9.47 Å². The Morgan fingerprint density at radius 1 is 0.943 bits per heavy atom. The van der Waals surface area contributed by atoms with E-state index >= 15 is 0 Å². The number of ether oxygens (including phenoxy) is 2. The fourth-order valence-electron chi connectivity index (χ4n) is 4.71. The van der Waals surface area contributed by atoms with Gasteiger partial charge in [-0.15, -0.1) is 0 Å². The Morgan fingerprint density at radius 3 is 2.29 bits per heavy atom. The zero-order valence-electron chi connectivity index (χ0n) is 21.0. The van der Waals surface area contributed by atoms with Gasteiger partial charge >= 0.3 is 0 Å². The molecule has 0 radical (unpaired) electrons. The van der Waals surface area contributed by atoms with Crippen LogP contribution < -0.4 is 14.8 Å². The van der Waals surface area contributed by atoms with Crippen LogP contribution in [0.5, 0.6) is 11.5 Å². The molecule has 0 aliphatic carbocycles. The highest BCUT2D eigenvalue weighted by Crippen LogP contribution is 2.37. The first kappa shape index (κ1) is 24.4. The van der Waals surface area contributed by atoms with Crippen molar-refractivity contribution in [1.29, 1.82) is 0 Å². The van der Waals surface area contributed by atoms with E-state index in [-0.39, 0.29) is 17.9 Å². The zero-order chi connectivity index (χ0) is 24.8. The van der Waals surface area contributed by atoms with Gasteiger partial charge in [0.25, 0.3) is 0 Å². The van der Waals surface area contributed by atoms with Gasteiger partial charge in [0.1, 0.15) is 11.5 Å². The molecule has 1 aromatic heterocycles. The van der Waals surface area contributed by atoms with E-state index in [1.54, 1.807) is 14.2 Å². The van der Waals surface area contributed by atoms with Gasteiger partial charge in [-0.2, -0.15) is 0 Å². The number of hydrogen-bond donors (Lipinski definition) is 1. The third-order valence-electron chi connectivity index (χ3n) is 6.59. The van der Waals surface area contributed by atoms with Crippen molar-refractivity contribution in [3.8, 4) is 11.5 Å². The maximum Gasteiger partial charge on any atom is 0.221 e. The average molecular weight is 471 g/mol. The molecule has 0 saturated carbocycles. The SMILES string of the molecule is COc1cc(OC)cc(C(CC(=O)NC(C)CCc2ccccc2)c2cn(C)c3ccccc23)c1. The molecule has 0 saturated heterocycles. The lowest BCUT2D eigenvalue weighted by molar-refractivity contribution is -0.121. The first-order valence-electron chi connectivity index (χ1n) is 12.1. The van der Waals surface area contributed by atoms with Crippen molar-refractivity contribution in [1.82, 2.24) is 9.88 Å². The number of para-hydroxylation sites is 1. The Balaban J connectivity index is 1.60. The third-order valence-corrected chi connectivity index (χ3v) is 6.59. The molecule has 0 fully saturated rings. The number of amides is 1. The molecule has 4 aromatic rings. The van der Waals surface area contributed by atoms with E-state index in [1.807, 2.05) is 43.4 Å². The molecule has 0 aliphatic rings.